The van der Waals surface area contributed by atoms with E-state index in [2.05, 4.69) is 5.32 Å². The topological polar surface area (TPSA) is 41.6 Å². The minimum atomic E-state index is -0.614. The lowest BCUT2D eigenvalue weighted by molar-refractivity contribution is -0.120. The molecule has 1 aromatic carbocycles. The van der Waals surface area contributed by atoms with Crippen molar-refractivity contribution in [1.29, 1.82) is 0 Å². The number of carbonyl (C=O) groups excluding carboxylic acids is 1. The summed E-state index contributed by atoms with van der Waals surface area (Å²) in [4.78, 5) is 11.4. The first-order chi connectivity index (χ1) is 5.83. The van der Waals surface area contributed by atoms with Gasteiger partial charge in [-0.3, -0.25) is 4.79 Å². The van der Waals surface area contributed by atoms with E-state index in [0.717, 1.165) is 11.3 Å². The van der Waals surface area contributed by atoms with Crippen LogP contribution in [0.4, 0.5) is 5.69 Å². The Morgan fingerprint density at radius 3 is 2.92 bits per heavy atom. The van der Waals surface area contributed by atoms with Crippen molar-refractivity contribution in [1.82, 2.24) is 0 Å². The Bertz CT molecular complexity index is 369. The zero-order valence-electron chi connectivity index (χ0n) is 6.33. The number of ether oxygens (including phenoxy) is 1. The highest BCUT2D eigenvalue weighted by atomic mass is 16.6. The van der Waals surface area contributed by atoms with E-state index in [1.54, 1.807) is 0 Å². The number of benzene rings is 1. The number of hydrogen-bond donors (Lipinski definition) is 1. The predicted molar refractivity (Wildman–Crippen MR) is 42.7 cm³/mol. The molecule has 2 heterocycles. The minimum Gasteiger partial charge on any atom is -0.354 e. The van der Waals surface area contributed by atoms with Crippen LogP contribution in [-0.4, -0.2) is 12.5 Å². The summed E-state index contributed by atoms with van der Waals surface area (Å²) in [6.07, 6.45) is 0. The summed E-state index contributed by atoms with van der Waals surface area (Å²) < 4.78 is 5.18. The van der Waals surface area contributed by atoms with Crippen LogP contribution >= 0.6 is 0 Å². The molecule has 1 aromatic rings. The number of hydrogen-bond acceptors (Lipinski definition) is 2. The molecule has 0 radical (unpaired) electrons. The third kappa shape index (κ3) is 0.539. The van der Waals surface area contributed by atoms with E-state index in [-0.39, 0.29) is 5.91 Å². The van der Waals surface area contributed by atoms with Crippen LogP contribution in [0.3, 0.4) is 0 Å². The summed E-state index contributed by atoms with van der Waals surface area (Å²) in [6, 6.07) is 7.65. The van der Waals surface area contributed by atoms with Gasteiger partial charge in [0.2, 0.25) is 0 Å². The van der Waals surface area contributed by atoms with Crippen molar-refractivity contribution in [3.63, 3.8) is 0 Å². The van der Waals surface area contributed by atoms with Crippen LogP contribution in [-0.2, 0) is 15.1 Å². The van der Waals surface area contributed by atoms with Gasteiger partial charge in [-0.1, -0.05) is 18.2 Å². The van der Waals surface area contributed by atoms with Gasteiger partial charge in [-0.15, -0.1) is 0 Å². The van der Waals surface area contributed by atoms with Crippen molar-refractivity contribution in [2.75, 3.05) is 11.9 Å². The van der Waals surface area contributed by atoms with E-state index in [1.807, 2.05) is 24.3 Å². The molecule has 1 amide bonds. The molecule has 0 aliphatic carbocycles. The van der Waals surface area contributed by atoms with Gasteiger partial charge in [-0.25, -0.2) is 0 Å². The molecule has 60 valence electrons. The first-order valence-corrected chi connectivity index (χ1v) is 3.88. The summed E-state index contributed by atoms with van der Waals surface area (Å²) in [5.41, 5.74) is 1.26. The van der Waals surface area contributed by atoms with E-state index >= 15 is 0 Å². The Kier molecular flexibility index (Phi) is 0.875. The van der Waals surface area contributed by atoms with E-state index in [1.165, 1.54) is 0 Å². The fraction of sp³-hybridized carbons (Fsp3) is 0.222. The molecule has 0 unspecified atom stereocenters. The highest BCUT2D eigenvalue weighted by Crippen LogP contribution is 2.47. The number of fused-ring (bicyclic) bond motifs is 2. The Balaban J connectivity index is 2.26. The molecule has 3 heteroatoms. The Labute approximate surface area is 69.3 Å². The average Bonchev–Trinajstić information content (AvgIpc) is 2.80. The second kappa shape index (κ2) is 1.69. The third-order valence-corrected chi connectivity index (χ3v) is 2.41. The number of epoxide rings is 1. The van der Waals surface area contributed by atoms with Crippen LogP contribution in [0, 0.1) is 0 Å². The molecule has 1 fully saturated rings. The van der Waals surface area contributed by atoms with Gasteiger partial charge in [0.1, 0.15) is 0 Å². The molecule has 1 saturated heterocycles. The molecule has 12 heavy (non-hydrogen) atoms. The summed E-state index contributed by atoms with van der Waals surface area (Å²) in [5, 5.41) is 2.79. The first kappa shape index (κ1) is 6.20. The highest BCUT2D eigenvalue weighted by Gasteiger charge is 2.58. The number of carbonyl (C=O) groups is 1. The lowest BCUT2D eigenvalue weighted by Gasteiger charge is -1.97. The zero-order valence-corrected chi connectivity index (χ0v) is 6.33. The van der Waals surface area contributed by atoms with Crippen molar-refractivity contribution in [3.8, 4) is 0 Å². The van der Waals surface area contributed by atoms with E-state index < -0.39 is 5.60 Å². The smallest absolute Gasteiger partial charge is 0.263 e. The van der Waals surface area contributed by atoms with Gasteiger partial charge in [-0.05, 0) is 6.07 Å². The van der Waals surface area contributed by atoms with Crippen LogP contribution in [0.25, 0.3) is 0 Å². The van der Waals surface area contributed by atoms with Crippen LogP contribution in [0.2, 0.25) is 0 Å². The monoisotopic (exact) mass is 161 g/mol. The van der Waals surface area contributed by atoms with Crippen LogP contribution in [0.15, 0.2) is 24.3 Å². The molecule has 2 aliphatic rings. The zero-order chi connectivity index (χ0) is 8.18. The van der Waals surface area contributed by atoms with Crippen LogP contribution < -0.4 is 5.32 Å². The molecular formula is C9H7NO2. The Morgan fingerprint density at radius 1 is 1.42 bits per heavy atom. The molecule has 1 atom stereocenters. The maximum absolute atomic E-state index is 11.4. The Hall–Kier alpha value is -1.35. The van der Waals surface area contributed by atoms with E-state index in [0.29, 0.717) is 6.61 Å². The first-order valence-electron chi connectivity index (χ1n) is 3.88. The van der Waals surface area contributed by atoms with Crippen molar-refractivity contribution >= 4 is 11.6 Å². The normalized spacial score (nSPS) is 30.2. The molecule has 1 spiro atoms. The average molecular weight is 161 g/mol. The molecular weight excluding hydrogens is 154 g/mol. The molecule has 1 N–H and O–H groups in total. The van der Waals surface area contributed by atoms with Crippen LogP contribution in [0.5, 0.6) is 0 Å². The van der Waals surface area contributed by atoms with Gasteiger partial charge >= 0.3 is 0 Å². The second-order valence-corrected chi connectivity index (χ2v) is 3.12. The highest BCUT2D eigenvalue weighted by molar-refractivity contribution is 6.06. The summed E-state index contributed by atoms with van der Waals surface area (Å²) >= 11 is 0. The van der Waals surface area contributed by atoms with Gasteiger partial charge in [0.25, 0.3) is 5.91 Å². The van der Waals surface area contributed by atoms with Gasteiger partial charge in [0.15, 0.2) is 5.60 Å². The van der Waals surface area contributed by atoms with Crippen molar-refractivity contribution < 1.29 is 9.53 Å². The number of rotatable bonds is 0. The summed E-state index contributed by atoms with van der Waals surface area (Å²) in [5.74, 6) is -0.0244. The molecule has 0 bridgehead atoms. The number of anilines is 1. The molecule has 0 saturated carbocycles. The number of para-hydroxylation sites is 1. The number of amides is 1. The van der Waals surface area contributed by atoms with Gasteiger partial charge in [-0.2, -0.15) is 0 Å². The quantitative estimate of drug-likeness (QED) is 0.573. The lowest BCUT2D eigenvalue weighted by atomic mass is 10.0. The summed E-state index contributed by atoms with van der Waals surface area (Å²) in [6.45, 7) is 0.524. The summed E-state index contributed by atoms with van der Waals surface area (Å²) in [7, 11) is 0. The molecule has 2 aliphatic heterocycles. The van der Waals surface area contributed by atoms with E-state index in [4.69, 9.17) is 4.74 Å². The fourth-order valence-corrected chi connectivity index (χ4v) is 1.65. The second-order valence-electron chi connectivity index (χ2n) is 3.12. The Morgan fingerprint density at radius 2 is 2.17 bits per heavy atom. The predicted octanol–water partition coefficient (Wildman–Crippen LogP) is 0.864. The third-order valence-electron chi connectivity index (χ3n) is 2.41. The van der Waals surface area contributed by atoms with Crippen molar-refractivity contribution in [2.24, 2.45) is 0 Å². The fourth-order valence-electron chi connectivity index (χ4n) is 1.65. The van der Waals surface area contributed by atoms with Gasteiger partial charge in [0, 0.05) is 11.3 Å². The van der Waals surface area contributed by atoms with Gasteiger partial charge in [0.05, 0.1) is 6.61 Å². The SMILES string of the molecule is O=C1Nc2ccccc2[C@@]12CO2. The largest absolute Gasteiger partial charge is 0.354 e. The molecule has 3 rings (SSSR count). The lowest BCUT2D eigenvalue weighted by Crippen LogP contribution is -2.20. The van der Waals surface area contributed by atoms with E-state index in [9.17, 15) is 4.79 Å². The molecule has 0 aromatic heterocycles. The van der Waals surface area contributed by atoms with Crippen molar-refractivity contribution in [3.05, 3.63) is 29.8 Å². The molecule has 3 nitrogen and oxygen atoms in total. The maximum atomic E-state index is 11.4. The maximum Gasteiger partial charge on any atom is 0.263 e. The van der Waals surface area contributed by atoms with Crippen molar-refractivity contribution in [2.45, 2.75) is 5.60 Å². The van der Waals surface area contributed by atoms with Crippen LogP contribution in [0.1, 0.15) is 5.56 Å². The minimum absolute atomic E-state index is 0.0244. The number of nitrogens with one attached hydrogen (secondary N) is 1. The standard InChI is InChI=1S/C9H7NO2/c11-8-9(5-12-9)6-3-1-2-4-7(6)10-8/h1-4H,5H2,(H,10,11)/t9-/m0/s1. The van der Waals surface area contributed by atoms with Gasteiger partial charge < -0.3 is 10.1 Å².